The first-order valence-electron chi connectivity index (χ1n) is 11.5. The number of nitrogens with one attached hydrogen (secondary N) is 1. The van der Waals surface area contributed by atoms with Gasteiger partial charge >= 0.3 is 0 Å². The molecule has 1 heteroatoms. The molecule has 0 radical (unpaired) electrons. The van der Waals surface area contributed by atoms with Crippen molar-refractivity contribution in [3.63, 3.8) is 0 Å². The third-order valence-corrected chi connectivity index (χ3v) is 6.76. The summed E-state index contributed by atoms with van der Waals surface area (Å²) in [7, 11) is 0. The summed E-state index contributed by atoms with van der Waals surface area (Å²) in [6, 6.07) is 46.1. The molecule has 1 aliphatic rings. The van der Waals surface area contributed by atoms with E-state index >= 15 is 0 Å². The summed E-state index contributed by atoms with van der Waals surface area (Å²) < 4.78 is 0. The lowest BCUT2D eigenvalue weighted by Crippen LogP contribution is -2.28. The van der Waals surface area contributed by atoms with E-state index in [1.807, 2.05) is 0 Å². The molecular formula is C32H25N. The number of hydrogen-bond acceptors (Lipinski definition) is 1. The molecule has 5 aromatic rings. The molecule has 0 saturated carbocycles. The van der Waals surface area contributed by atoms with Crippen molar-refractivity contribution in [2.45, 2.75) is 12.3 Å². The lowest BCUT2D eigenvalue weighted by atomic mass is 9.67. The summed E-state index contributed by atoms with van der Waals surface area (Å²) in [6.45, 7) is 2.12. The summed E-state index contributed by atoms with van der Waals surface area (Å²) in [5, 5.41) is 3.63. The van der Waals surface area contributed by atoms with Crippen LogP contribution in [0.2, 0.25) is 0 Å². The van der Waals surface area contributed by atoms with Gasteiger partial charge in [0.1, 0.15) is 0 Å². The van der Waals surface area contributed by atoms with E-state index in [0.717, 1.165) is 11.4 Å². The Hall–Kier alpha value is -4.10. The Labute approximate surface area is 195 Å². The molecule has 5 aromatic carbocycles. The Bertz CT molecular complexity index is 1400. The maximum absolute atomic E-state index is 3.63. The first kappa shape index (κ1) is 19.6. The van der Waals surface area contributed by atoms with Crippen molar-refractivity contribution in [2.75, 3.05) is 5.32 Å². The van der Waals surface area contributed by atoms with E-state index in [4.69, 9.17) is 0 Å². The van der Waals surface area contributed by atoms with E-state index < -0.39 is 0 Å². The van der Waals surface area contributed by atoms with Gasteiger partial charge in [-0.15, -0.1) is 0 Å². The molecule has 158 valence electrons. The monoisotopic (exact) mass is 423 g/mol. The average Bonchev–Trinajstić information content (AvgIpc) is 3.16. The van der Waals surface area contributed by atoms with Crippen molar-refractivity contribution < 1.29 is 0 Å². The van der Waals surface area contributed by atoms with E-state index in [0.29, 0.717) is 0 Å². The van der Waals surface area contributed by atoms with Crippen LogP contribution in [0.4, 0.5) is 11.4 Å². The predicted molar refractivity (Wildman–Crippen MR) is 138 cm³/mol. The van der Waals surface area contributed by atoms with Crippen LogP contribution in [-0.2, 0) is 5.41 Å². The van der Waals surface area contributed by atoms with E-state index in [1.54, 1.807) is 0 Å². The Morgan fingerprint density at radius 1 is 0.485 bits per heavy atom. The summed E-state index contributed by atoms with van der Waals surface area (Å²) in [5.74, 6) is 0. The molecule has 1 N–H and O–H groups in total. The van der Waals surface area contributed by atoms with Gasteiger partial charge in [0.15, 0.2) is 0 Å². The van der Waals surface area contributed by atoms with Crippen LogP contribution >= 0.6 is 0 Å². The molecule has 0 bridgehead atoms. The van der Waals surface area contributed by atoms with Gasteiger partial charge in [-0.25, -0.2) is 0 Å². The third kappa shape index (κ3) is 3.08. The molecule has 0 spiro atoms. The van der Waals surface area contributed by atoms with Gasteiger partial charge in [-0.05, 0) is 70.1 Å². The Morgan fingerprint density at radius 2 is 1.03 bits per heavy atom. The fourth-order valence-corrected chi connectivity index (χ4v) is 5.43. The molecule has 33 heavy (non-hydrogen) atoms. The van der Waals surface area contributed by atoms with Gasteiger partial charge in [-0.2, -0.15) is 0 Å². The molecule has 0 unspecified atom stereocenters. The smallest absolute Gasteiger partial charge is 0.0714 e. The third-order valence-electron chi connectivity index (χ3n) is 6.76. The highest BCUT2D eigenvalue weighted by atomic mass is 14.9. The van der Waals surface area contributed by atoms with E-state index in [-0.39, 0.29) is 5.41 Å². The second kappa shape index (κ2) is 7.79. The molecule has 0 atom stereocenters. The van der Waals surface area contributed by atoms with Crippen LogP contribution < -0.4 is 5.32 Å². The molecule has 0 saturated heterocycles. The van der Waals surface area contributed by atoms with Crippen LogP contribution in [-0.4, -0.2) is 0 Å². The van der Waals surface area contributed by atoms with Crippen LogP contribution in [0.1, 0.15) is 27.8 Å². The van der Waals surface area contributed by atoms with Gasteiger partial charge in [-0.1, -0.05) is 103 Å². The Morgan fingerprint density at radius 3 is 1.70 bits per heavy atom. The fraction of sp³-hybridized carbons (Fsp3) is 0.0625. The molecule has 0 aliphatic heterocycles. The molecule has 1 nitrogen and oxygen atoms in total. The van der Waals surface area contributed by atoms with Crippen molar-refractivity contribution >= 4 is 11.4 Å². The van der Waals surface area contributed by atoms with Crippen LogP contribution in [0.25, 0.3) is 11.1 Å². The predicted octanol–water partition coefficient (Wildman–Crippen LogP) is 8.10. The highest BCUT2D eigenvalue weighted by molar-refractivity contribution is 5.86. The molecule has 0 amide bonds. The summed E-state index contributed by atoms with van der Waals surface area (Å²) in [5.41, 5.74) is 10.9. The van der Waals surface area contributed by atoms with Crippen LogP contribution in [0.5, 0.6) is 0 Å². The maximum atomic E-state index is 3.63. The number of fused-ring (bicyclic) bond motifs is 3. The molecule has 0 aromatic heterocycles. The minimum Gasteiger partial charge on any atom is -0.356 e. The number of benzene rings is 5. The highest BCUT2D eigenvalue weighted by Crippen LogP contribution is 2.56. The van der Waals surface area contributed by atoms with E-state index in [9.17, 15) is 0 Å². The largest absolute Gasteiger partial charge is 0.356 e. The zero-order chi connectivity index (χ0) is 22.3. The maximum Gasteiger partial charge on any atom is 0.0714 e. The second-order valence-corrected chi connectivity index (χ2v) is 8.78. The Balaban J connectivity index is 1.61. The molecule has 1 aliphatic carbocycles. The van der Waals surface area contributed by atoms with Crippen molar-refractivity contribution in [3.8, 4) is 11.1 Å². The van der Waals surface area contributed by atoms with Gasteiger partial charge in [-0.3, -0.25) is 0 Å². The van der Waals surface area contributed by atoms with E-state index in [1.165, 1.54) is 38.9 Å². The van der Waals surface area contributed by atoms with Crippen LogP contribution in [0.3, 0.4) is 0 Å². The minimum absolute atomic E-state index is 0.362. The number of hydrogen-bond donors (Lipinski definition) is 1. The van der Waals surface area contributed by atoms with Gasteiger partial charge < -0.3 is 5.32 Å². The lowest BCUT2D eigenvalue weighted by Gasteiger charge is -2.34. The zero-order valence-electron chi connectivity index (χ0n) is 18.6. The zero-order valence-corrected chi connectivity index (χ0v) is 18.6. The number of aryl methyl sites for hydroxylation is 1. The lowest BCUT2D eigenvalue weighted by molar-refractivity contribution is 0.769. The molecule has 0 heterocycles. The van der Waals surface area contributed by atoms with Crippen molar-refractivity contribution in [1.29, 1.82) is 0 Å². The van der Waals surface area contributed by atoms with Gasteiger partial charge in [0, 0.05) is 11.4 Å². The van der Waals surface area contributed by atoms with Crippen LogP contribution in [0, 0.1) is 6.92 Å². The quantitative estimate of drug-likeness (QED) is 0.302. The SMILES string of the molecule is Cc1cccc(Nc2cccc(C3(c4ccccc4)c4ccccc4-c4ccccc43)c2)c1. The van der Waals surface area contributed by atoms with Crippen molar-refractivity contribution in [3.05, 3.63) is 155 Å². The summed E-state index contributed by atoms with van der Waals surface area (Å²) in [6.07, 6.45) is 0. The topological polar surface area (TPSA) is 12.0 Å². The molecule has 0 fully saturated rings. The standard InChI is InChI=1S/C32H25N/c1-23-11-9-15-26(21-23)33-27-16-10-14-25(22-27)32(24-12-3-2-4-13-24)30-19-7-5-17-28(30)29-18-6-8-20-31(29)32/h2-22,33H,1H3. The average molecular weight is 424 g/mol. The number of rotatable bonds is 4. The van der Waals surface area contributed by atoms with Gasteiger partial charge in [0.2, 0.25) is 0 Å². The second-order valence-electron chi connectivity index (χ2n) is 8.78. The van der Waals surface area contributed by atoms with E-state index in [2.05, 4.69) is 140 Å². The highest BCUT2D eigenvalue weighted by Gasteiger charge is 2.45. The van der Waals surface area contributed by atoms with Crippen molar-refractivity contribution in [1.82, 2.24) is 0 Å². The number of anilines is 2. The molecule has 6 rings (SSSR count). The van der Waals surface area contributed by atoms with Gasteiger partial charge in [0.25, 0.3) is 0 Å². The summed E-state index contributed by atoms with van der Waals surface area (Å²) >= 11 is 0. The fourth-order valence-electron chi connectivity index (χ4n) is 5.43. The van der Waals surface area contributed by atoms with Gasteiger partial charge in [0.05, 0.1) is 5.41 Å². The molecular weight excluding hydrogens is 398 g/mol. The normalized spacial score (nSPS) is 13.2. The summed E-state index contributed by atoms with van der Waals surface area (Å²) in [4.78, 5) is 0. The minimum atomic E-state index is -0.362. The first-order chi connectivity index (χ1) is 16.3. The van der Waals surface area contributed by atoms with Crippen molar-refractivity contribution in [2.24, 2.45) is 0 Å². The van der Waals surface area contributed by atoms with Crippen LogP contribution in [0.15, 0.2) is 127 Å². The Kier molecular flexibility index (Phi) is 4.62. The first-order valence-corrected chi connectivity index (χ1v) is 11.5.